The molecule has 2 rings (SSSR count). The fraction of sp³-hybridized carbons (Fsp3) is 0.375. The van der Waals surface area contributed by atoms with Gasteiger partial charge in [-0.05, 0) is 6.92 Å². The standard InChI is InChI=1S/C8H10N6O2/c1-4(8(15)16)11-6-5-7(10-3-9-6)14(2)13-12-5/h3-4H,1-2H3,(H,15,16)(H,9,10,11)/t4-/m0/s1. The quantitative estimate of drug-likeness (QED) is 0.730. The fourth-order valence-corrected chi connectivity index (χ4v) is 1.22. The van der Waals surface area contributed by atoms with Crippen LogP contribution < -0.4 is 5.32 Å². The Morgan fingerprint density at radius 3 is 3.00 bits per heavy atom. The summed E-state index contributed by atoms with van der Waals surface area (Å²) in [5.41, 5.74) is 1.01. The lowest BCUT2D eigenvalue weighted by Gasteiger charge is -2.08. The molecular weight excluding hydrogens is 212 g/mol. The van der Waals surface area contributed by atoms with Crippen LogP contribution in [-0.4, -0.2) is 42.1 Å². The van der Waals surface area contributed by atoms with E-state index in [-0.39, 0.29) is 0 Å². The van der Waals surface area contributed by atoms with Gasteiger partial charge >= 0.3 is 5.97 Å². The summed E-state index contributed by atoms with van der Waals surface area (Å²) in [7, 11) is 1.70. The molecule has 0 saturated carbocycles. The minimum Gasteiger partial charge on any atom is -0.480 e. The van der Waals surface area contributed by atoms with Crippen LogP contribution in [0.1, 0.15) is 6.92 Å². The Balaban J connectivity index is 2.41. The molecule has 0 aliphatic carbocycles. The average Bonchev–Trinajstić information content (AvgIpc) is 2.62. The summed E-state index contributed by atoms with van der Waals surface area (Å²) in [5, 5.41) is 19.2. The van der Waals surface area contributed by atoms with Gasteiger partial charge in [-0.2, -0.15) is 0 Å². The number of fused-ring (bicyclic) bond motifs is 1. The maximum absolute atomic E-state index is 10.7. The van der Waals surface area contributed by atoms with Crippen LogP contribution in [0.25, 0.3) is 11.2 Å². The lowest BCUT2D eigenvalue weighted by atomic mass is 10.3. The zero-order valence-corrected chi connectivity index (χ0v) is 8.75. The highest BCUT2D eigenvalue weighted by Gasteiger charge is 2.15. The van der Waals surface area contributed by atoms with Gasteiger partial charge in [0.25, 0.3) is 0 Å². The number of carboxylic acids is 1. The number of anilines is 1. The van der Waals surface area contributed by atoms with E-state index < -0.39 is 12.0 Å². The first-order chi connectivity index (χ1) is 7.59. The Morgan fingerprint density at radius 2 is 2.31 bits per heavy atom. The van der Waals surface area contributed by atoms with Crippen molar-refractivity contribution in [1.82, 2.24) is 25.0 Å². The molecular formula is C8H10N6O2. The monoisotopic (exact) mass is 222 g/mol. The third kappa shape index (κ3) is 1.64. The number of nitrogens with one attached hydrogen (secondary N) is 1. The van der Waals surface area contributed by atoms with Crippen molar-refractivity contribution in [2.45, 2.75) is 13.0 Å². The molecule has 0 aliphatic heterocycles. The molecule has 8 nitrogen and oxygen atoms in total. The molecule has 0 spiro atoms. The zero-order chi connectivity index (χ0) is 11.7. The molecule has 2 aromatic rings. The largest absolute Gasteiger partial charge is 0.480 e. The van der Waals surface area contributed by atoms with E-state index in [1.54, 1.807) is 7.05 Å². The van der Waals surface area contributed by atoms with E-state index in [4.69, 9.17) is 5.11 Å². The minimum absolute atomic E-state index is 0.369. The first-order valence-corrected chi connectivity index (χ1v) is 4.59. The van der Waals surface area contributed by atoms with Crippen molar-refractivity contribution in [1.29, 1.82) is 0 Å². The molecule has 16 heavy (non-hydrogen) atoms. The molecule has 0 unspecified atom stereocenters. The molecule has 2 heterocycles. The molecule has 1 atom stereocenters. The van der Waals surface area contributed by atoms with Crippen molar-refractivity contribution in [3.63, 3.8) is 0 Å². The van der Waals surface area contributed by atoms with Gasteiger partial charge in [0.2, 0.25) is 0 Å². The Kier molecular flexibility index (Phi) is 2.39. The zero-order valence-electron chi connectivity index (χ0n) is 8.75. The second kappa shape index (κ2) is 3.72. The van der Waals surface area contributed by atoms with Gasteiger partial charge in [-0.1, -0.05) is 5.21 Å². The van der Waals surface area contributed by atoms with Crippen LogP contribution in [0.2, 0.25) is 0 Å². The van der Waals surface area contributed by atoms with E-state index in [1.807, 2.05) is 0 Å². The Labute approximate surface area is 90.3 Å². The first kappa shape index (κ1) is 10.3. The summed E-state index contributed by atoms with van der Waals surface area (Å²) in [6.45, 7) is 1.52. The molecule has 0 aliphatic rings. The van der Waals surface area contributed by atoms with E-state index in [2.05, 4.69) is 25.6 Å². The maximum atomic E-state index is 10.7. The number of hydrogen-bond donors (Lipinski definition) is 2. The molecule has 0 amide bonds. The van der Waals surface area contributed by atoms with Crippen LogP contribution in [0.5, 0.6) is 0 Å². The minimum atomic E-state index is -0.962. The number of hydrogen-bond acceptors (Lipinski definition) is 6. The fourth-order valence-electron chi connectivity index (χ4n) is 1.22. The van der Waals surface area contributed by atoms with Crippen molar-refractivity contribution >= 4 is 23.0 Å². The van der Waals surface area contributed by atoms with Gasteiger partial charge in [0.1, 0.15) is 12.4 Å². The number of aryl methyl sites for hydroxylation is 1. The molecule has 0 aromatic carbocycles. The number of carboxylic acid groups (broad SMARTS) is 1. The Morgan fingerprint density at radius 1 is 1.56 bits per heavy atom. The van der Waals surface area contributed by atoms with Crippen LogP contribution in [0.3, 0.4) is 0 Å². The summed E-state index contributed by atoms with van der Waals surface area (Å²) < 4.78 is 1.49. The molecule has 2 aromatic heterocycles. The van der Waals surface area contributed by atoms with E-state index in [1.165, 1.54) is 17.9 Å². The Hall–Kier alpha value is -2.25. The number of nitrogens with zero attached hydrogens (tertiary/aromatic N) is 5. The van der Waals surface area contributed by atoms with Crippen molar-refractivity contribution in [3.8, 4) is 0 Å². The number of aromatic nitrogens is 5. The summed E-state index contributed by atoms with van der Waals surface area (Å²) >= 11 is 0. The summed E-state index contributed by atoms with van der Waals surface area (Å²) in [4.78, 5) is 18.6. The van der Waals surface area contributed by atoms with Crippen LogP contribution in [0.4, 0.5) is 5.82 Å². The van der Waals surface area contributed by atoms with E-state index >= 15 is 0 Å². The third-order valence-electron chi connectivity index (χ3n) is 2.11. The van der Waals surface area contributed by atoms with Crippen LogP contribution in [0, 0.1) is 0 Å². The average molecular weight is 222 g/mol. The van der Waals surface area contributed by atoms with Crippen LogP contribution >= 0.6 is 0 Å². The molecule has 0 bridgehead atoms. The maximum Gasteiger partial charge on any atom is 0.325 e. The Bertz CT molecular complexity index is 536. The SMILES string of the molecule is C[C@H](Nc1ncnc2c1nnn2C)C(=O)O. The summed E-state index contributed by atoms with van der Waals surface area (Å²) in [6, 6.07) is -0.750. The van der Waals surface area contributed by atoms with E-state index in [0.29, 0.717) is 17.0 Å². The predicted octanol–water partition coefficient (Wildman–Crippen LogP) is -0.357. The van der Waals surface area contributed by atoms with Gasteiger partial charge in [-0.15, -0.1) is 5.10 Å². The van der Waals surface area contributed by atoms with Crippen LogP contribution in [0.15, 0.2) is 6.33 Å². The molecule has 0 radical (unpaired) electrons. The van der Waals surface area contributed by atoms with Crippen molar-refractivity contribution in [2.75, 3.05) is 5.32 Å². The van der Waals surface area contributed by atoms with E-state index in [9.17, 15) is 4.79 Å². The van der Waals surface area contributed by atoms with Gasteiger partial charge in [-0.25, -0.2) is 14.6 Å². The third-order valence-corrected chi connectivity index (χ3v) is 2.11. The molecule has 0 fully saturated rings. The first-order valence-electron chi connectivity index (χ1n) is 4.59. The lowest BCUT2D eigenvalue weighted by molar-refractivity contribution is -0.137. The molecule has 84 valence electrons. The number of rotatable bonds is 3. The second-order valence-electron chi connectivity index (χ2n) is 3.31. The smallest absolute Gasteiger partial charge is 0.325 e. The van der Waals surface area contributed by atoms with Gasteiger partial charge in [0.15, 0.2) is 17.0 Å². The molecule has 8 heteroatoms. The van der Waals surface area contributed by atoms with Crippen molar-refractivity contribution in [3.05, 3.63) is 6.33 Å². The van der Waals surface area contributed by atoms with Gasteiger partial charge in [0, 0.05) is 7.05 Å². The van der Waals surface area contributed by atoms with Crippen molar-refractivity contribution < 1.29 is 9.90 Å². The normalized spacial score (nSPS) is 12.6. The van der Waals surface area contributed by atoms with E-state index in [0.717, 1.165) is 0 Å². The van der Waals surface area contributed by atoms with Crippen molar-refractivity contribution in [2.24, 2.45) is 7.05 Å². The van der Waals surface area contributed by atoms with Gasteiger partial charge in [0.05, 0.1) is 0 Å². The van der Waals surface area contributed by atoms with Gasteiger partial charge < -0.3 is 10.4 Å². The molecule has 2 N–H and O–H groups in total. The highest BCUT2D eigenvalue weighted by atomic mass is 16.4. The highest BCUT2D eigenvalue weighted by Crippen LogP contribution is 2.15. The number of carbonyl (C=O) groups is 1. The van der Waals surface area contributed by atoms with Gasteiger partial charge in [-0.3, -0.25) is 4.79 Å². The predicted molar refractivity (Wildman–Crippen MR) is 54.8 cm³/mol. The second-order valence-corrected chi connectivity index (χ2v) is 3.31. The number of aliphatic carboxylic acids is 1. The topological polar surface area (TPSA) is 106 Å². The highest BCUT2D eigenvalue weighted by molar-refractivity contribution is 5.85. The molecule has 0 saturated heterocycles. The van der Waals surface area contributed by atoms with Crippen LogP contribution in [-0.2, 0) is 11.8 Å². The lowest BCUT2D eigenvalue weighted by Crippen LogP contribution is -2.26. The summed E-state index contributed by atoms with van der Waals surface area (Å²) in [5.74, 6) is -0.594. The summed E-state index contributed by atoms with van der Waals surface area (Å²) in [6.07, 6.45) is 1.34.